The third-order valence-corrected chi connectivity index (χ3v) is 2.78. The van der Waals surface area contributed by atoms with E-state index in [1.54, 1.807) is 6.92 Å². The average molecular weight is 184 g/mol. The Hall–Kier alpha value is -0.570. The van der Waals surface area contributed by atoms with E-state index in [9.17, 15) is 4.79 Å². The highest BCUT2D eigenvalue weighted by atomic mass is 16.1. The van der Waals surface area contributed by atoms with E-state index in [0.717, 1.165) is 6.42 Å². The molecule has 0 aromatic rings. The molecule has 1 fully saturated rings. The van der Waals surface area contributed by atoms with E-state index in [4.69, 9.17) is 0 Å². The Morgan fingerprint density at radius 2 is 1.92 bits per heavy atom. The van der Waals surface area contributed by atoms with E-state index < -0.39 is 0 Å². The zero-order chi connectivity index (χ0) is 9.84. The smallest absolute Gasteiger partial charge is 0.217 e. The lowest BCUT2D eigenvalue weighted by molar-refractivity contribution is -0.120. The predicted octanol–water partition coefficient (Wildman–Crippen LogP) is 0.995. The van der Waals surface area contributed by atoms with Gasteiger partial charge in [-0.1, -0.05) is 12.8 Å². The van der Waals surface area contributed by atoms with E-state index in [2.05, 4.69) is 24.3 Å². The van der Waals surface area contributed by atoms with Crippen LogP contribution in [-0.4, -0.2) is 37.0 Å². The van der Waals surface area contributed by atoms with E-state index in [1.807, 2.05) is 0 Å². The largest absolute Gasteiger partial charge is 0.352 e. The monoisotopic (exact) mass is 184 g/mol. The van der Waals surface area contributed by atoms with Crippen molar-refractivity contribution in [3.05, 3.63) is 0 Å². The molecule has 0 unspecified atom stereocenters. The van der Waals surface area contributed by atoms with Crippen LogP contribution in [0.25, 0.3) is 0 Å². The molecular weight excluding hydrogens is 164 g/mol. The van der Waals surface area contributed by atoms with Crippen LogP contribution in [0, 0.1) is 0 Å². The van der Waals surface area contributed by atoms with Crippen LogP contribution in [0.1, 0.15) is 32.6 Å². The molecule has 13 heavy (non-hydrogen) atoms. The highest BCUT2D eigenvalue weighted by Crippen LogP contribution is 2.21. The van der Waals surface area contributed by atoms with Crippen LogP contribution in [0.5, 0.6) is 0 Å². The number of amides is 1. The number of likely N-dealkylation sites (N-methyl/N-ethyl adjacent to an activating group) is 1. The first-order valence-corrected chi connectivity index (χ1v) is 5.05. The first kappa shape index (κ1) is 10.5. The zero-order valence-corrected chi connectivity index (χ0v) is 8.84. The molecule has 76 valence electrons. The molecule has 3 heteroatoms. The molecule has 0 saturated heterocycles. The lowest BCUT2D eigenvalue weighted by Crippen LogP contribution is -2.50. The van der Waals surface area contributed by atoms with Crippen molar-refractivity contribution in [3.63, 3.8) is 0 Å². The summed E-state index contributed by atoms with van der Waals surface area (Å²) in [7, 11) is 4.18. The maximum absolute atomic E-state index is 11.0. The summed E-state index contributed by atoms with van der Waals surface area (Å²) >= 11 is 0. The van der Waals surface area contributed by atoms with Gasteiger partial charge in [-0.05, 0) is 26.9 Å². The van der Waals surface area contributed by atoms with Crippen LogP contribution >= 0.6 is 0 Å². The van der Waals surface area contributed by atoms with Crippen LogP contribution in [0.4, 0.5) is 0 Å². The van der Waals surface area contributed by atoms with Crippen molar-refractivity contribution in [3.8, 4) is 0 Å². The van der Waals surface area contributed by atoms with Gasteiger partial charge in [0.1, 0.15) is 0 Å². The summed E-state index contributed by atoms with van der Waals surface area (Å²) in [5.41, 5.74) is 0. The quantitative estimate of drug-likeness (QED) is 0.694. The summed E-state index contributed by atoms with van der Waals surface area (Å²) in [5, 5.41) is 3.03. The van der Waals surface area contributed by atoms with Crippen LogP contribution in [0.2, 0.25) is 0 Å². The van der Waals surface area contributed by atoms with Gasteiger partial charge in [0.15, 0.2) is 0 Å². The molecule has 1 aliphatic carbocycles. The number of carbonyl (C=O) groups excluding carboxylic acids is 1. The molecule has 0 bridgehead atoms. The molecule has 1 amide bonds. The first-order valence-electron chi connectivity index (χ1n) is 5.05. The third kappa shape index (κ3) is 2.99. The van der Waals surface area contributed by atoms with Crippen molar-refractivity contribution in [1.29, 1.82) is 0 Å². The number of hydrogen-bond acceptors (Lipinski definition) is 2. The van der Waals surface area contributed by atoms with Crippen molar-refractivity contribution >= 4 is 5.91 Å². The highest BCUT2D eigenvalue weighted by molar-refractivity contribution is 5.73. The fraction of sp³-hybridized carbons (Fsp3) is 0.900. The van der Waals surface area contributed by atoms with Gasteiger partial charge in [-0.3, -0.25) is 4.79 Å². The van der Waals surface area contributed by atoms with Gasteiger partial charge in [0, 0.05) is 19.0 Å². The fourth-order valence-electron chi connectivity index (χ4n) is 2.16. The van der Waals surface area contributed by atoms with Gasteiger partial charge in [-0.25, -0.2) is 0 Å². The average Bonchev–Trinajstić information content (AvgIpc) is 2.03. The standard InChI is InChI=1S/C10H20N2O/c1-8(13)11-9-6-4-5-7-10(9)12(2)3/h9-10H,4-7H2,1-3H3,(H,11,13)/t9-,10-/m0/s1. The summed E-state index contributed by atoms with van der Waals surface area (Å²) in [6.45, 7) is 1.60. The third-order valence-electron chi connectivity index (χ3n) is 2.78. The molecule has 0 aromatic heterocycles. The second-order valence-electron chi connectivity index (χ2n) is 4.12. The summed E-state index contributed by atoms with van der Waals surface area (Å²) in [6, 6.07) is 0.888. The summed E-state index contributed by atoms with van der Waals surface area (Å²) in [5.74, 6) is 0.0961. The lowest BCUT2D eigenvalue weighted by atomic mass is 9.89. The first-order chi connectivity index (χ1) is 6.11. The Labute approximate surface area is 80.5 Å². The normalized spacial score (nSPS) is 28.9. The minimum Gasteiger partial charge on any atom is -0.352 e. The Morgan fingerprint density at radius 3 is 2.46 bits per heavy atom. The number of hydrogen-bond donors (Lipinski definition) is 1. The van der Waals surface area contributed by atoms with Gasteiger partial charge in [-0.2, -0.15) is 0 Å². The lowest BCUT2D eigenvalue weighted by Gasteiger charge is -2.36. The molecule has 1 aliphatic rings. The maximum Gasteiger partial charge on any atom is 0.217 e. The molecule has 0 aliphatic heterocycles. The van der Waals surface area contributed by atoms with Gasteiger partial charge in [0.25, 0.3) is 0 Å². The minimum absolute atomic E-state index is 0.0961. The second-order valence-corrected chi connectivity index (χ2v) is 4.12. The molecule has 0 radical (unpaired) electrons. The van der Waals surface area contributed by atoms with Crippen LogP contribution < -0.4 is 5.32 Å². The highest BCUT2D eigenvalue weighted by Gasteiger charge is 2.26. The minimum atomic E-state index is 0.0961. The van der Waals surface area contributed by atoms with E-state index >= 15 is 0 Å². The second kappa shape index (κ2) is 4.61. The Balaban J connectivity index is 2.51. The molecule has 0 heterocycles. The van der Waals surface area contributed by atoms with Crippen molar-refractivity contribution in [2.45, 2.75) is 44.7 Å². The topological polar surface area (TPSA) is 32.3 Å². The molecular formula is C10H20N2O. The molecule has 1 N–H and O–H groups in total. The van der Waals surface area contributed by atoms with Gasteiger partial charge in [0.05, 0.1) is 0 Å². The number of nitrogens with zero attached hydrogens (tertiary/aromatic N) is 1. The summed E-state index contributed by atoms with van der Waals surface area (Å²) in [4.78, 5) is 13.2. The van der Waals surface area contributed by atoms with E-state index in [0.29, 0.717) is 12.1 Å². The molecule has 3 nitrogen and oxygen atoms in total. The van der Waals surface area contributed by atoms with Gasteiger partial charge in [0.2, 0.25) is 5.91 Å². The molecule has 0 aromatic carbocycles. The predicted molar refractivity (Wildman–Crippen MR) is 53.5 cm³/mol. The van der Waals surface area contributed by atoms with Crippen LogP contribution in [0.3, 0.4) is 0 Å². The number of nitrogens with one attached hydrogen (secondary N) is 1. The zero-order valence-electron chi connectivity index (χ0n) is 8.84. The van der Waals surface area contributed by atoms with Crippen molar-refractivity contribution < 1.29 is 4.79 Å². The van der Waals surface area contributed by atoms with Gasteiger partial charge >= 0.3 is 0 Å². The van der Waals surface area contributed by atoms with Crippen LogP contribution in [-0.2, 0) is 4.79 Å². The SMILES string of the molecule is CC(=O)N[C@H]1CCCC[C@@H]1N(C)C. The Kier molecular flexibility index (Phi) is 3.72. The van der Waals surface area contributed by atoms with Gasteiger partial charge < -0.3 is 10.2 Å². The van der Waals surface area contributed by atoms with Gasteiger partial charge in [-0.15, -0.1) is 0 Å². The van der Waals surface area contributed by atoms with Crippen molar-refractivity contribution in [2.24, 2.45) is 0 Å². The summed E-state index contributed by atoms with van der Waals surface area (Å²) < 4.78 is 0. The molecule has 1 rings (SSSR count). The molecule has 2 atom stereocenters. The fourth-order valence-corrected chi connectivity index (χ4v) is 2.16. The molecule has 1 saturated carbocycles. The molecule has 0 spiro atoms. The maximum atomic E-state index is 11.0. The Bertz CT molecular complexity index is 180. The Morgan fingerprint density at radius 1 is 1.31 bits per heavy atom. The van der Waals surface area contributed by atoms with Crippen molar-refractivity contribution in [2.75, 3.05) is 14.1 Å². The van der Waals surface area contributed by atoms with E-state index in [1.165, 1.54) is 19.3 Å². The van der Waals surface area contributed by atoms with E-state index in [-0.39, 0.29) is 5.91 Å². The number of rotatable bonds is 2. The van der Waals surface area contributed by atoms with Crippen molar-refractivity contribution in [1.82, 2.24) is 10.2 Å². The number of carbonyl (C=O) groups is 1. The van der Waals surface area contributed by atoms with Crippen LogP contribution in [0.15, 0.2) is 0 Å². The summed E-state index contributed by atoms with van der Waals surface area (Å²) in [6.07, 6.45) is 4.87.